The van der Waals surface area contributed by atoms with Gasteiger partial charge in [-0.3, -0.25) is 9.36 Å². The van der Waals surface area contributed by atoms with Gasteiger partial charge in [0.25, 0.3) is 5.91 Å². The number of nitrogens with zero attached hydrogens (tertiary/aromatic N) is 2. The zero-order chi connectivity index (χ0) is 17.9. The molecular weight excluding hydrogens is 340 g/mol. The van der Waals surface area contributed by atoms with Gasteiger partial charge >= 0.3 is 0 Å². The van der Waals surface area contributed by atoms with E-state index in [2.05, 4.69) is 4.98 Å². The Labute approximate surface area is 156 Å². The van der Waals surface area contributed by atoms with Crippen molar-refractivity contribution in [3.63, 3.8) is 0 Å². The molecule has 1 atom stereocenters. The van der Waals surface area contributed by atoms with Crippen LogP contribution in [0.2, 0.25) is 0 Å². The highest BCUT2D eigenvalue weighted by Crippen LogP contribution is 2.37. The Morgan fingerprint density at radius 2 is 1.50 bits per heavy atom. The second-order valence-electron chi connectivity index (χ2n) is 6.04. The van der Waals surface area contributed by atoms with Gasteiger partial charge in [0.15, 0.2) is 0 Å². The summed E-state index contributed by atoms with van der Waals surface area (Å²) in [6.45, 7) is 1.88. The molecule has 0 aliphatic rings. The molecule has 4 heteroatoms. The number of hydrogen-bond acceptors (Lipinski definition) is 3. The molecule has 0 bridgehead atoms. The van der Waals surface area contributed by atoms with Crippen molar-refractivity contribution in [2.75, 3.05) is 0 Å². The molecule has 3 nitrogen and oxygen atoms in total. The number of imidazole rings is 1. The summed E-state index contributed by atoms with van der Waals surface area (Å²) in [7, 11) is 0. The van der Waals surface area contributed by atoms with Gasteiger partial charge in [-0.05, 0) is 36.8 Å². The summed E-state index contributed by atoms with van der Waals surface area (Å²) in [5.41, 5.74) is 2.68. The lowest BCUT2D eigenvalue weighted by molar-refractivity contribution is 0.0913. The fourth-order valence-corrected chi connectivity index (χ4v) is 4.15. The topological polar surface area (TPSA) is 34.9 Å². The van der Waals surface area contributed by atoms with E-state index in [0.717, 1.165) is 21.5 Å². The summed E-state index contributed by atoms with van der Waals surface area (Å²) in [5, 5.41) is -0.338. The second kappa shape index (κ2) is 7.18. The quantitative estimate of drug-likeness (QED) is 0.451. The van der Waals surface area contributed by atoms with E-state index in [1.54, 1.807) is 16.3 Å². The predicted octanol–water partition coefficient (Wildman–Crippen LogP) is 5.52. The first kappa shape index (κ1) is 16.6. The van der Waals surface area contributed by atoms with Crippen LogP contribution < -0.4 is 0 Å². The van der Waals surface area contributed by atoms with Crippen LogP contribution in [-0.2, 0) is 0 Å². The van der Waals surface area contributed by atoms with Crippen molar-refractivity contribution in [3.8, 4) is 0 Å². The molecule has 0 fully saturated rings. The SMILES string of the molecule is Cc1nc2ccccc2n1C(=O)C(Sc1ccccc1)c1ccccc1. The van der Waals surface area contributed by atoms with Crippen molar-refractivity contribution in [2.45, 2.75) is 17.1 Å². The van der Waals surface area contributed by atoms with E-state index in [1.807, 2.05) is 91.9 Å². The highest BCUT2D eigenvalue weighted by molar-refractivity contribution is 8.00. The molecule has 1 heterocycles. The molecule has 3 aromatic carbocycles. The Balaban J connectivity index is 1.80. The average molecular weight is 358 g/mol. The Bertz CT molecular complexity index is 1040. The lowest BCUT2D eigenvalue weighted by Gasteiger charge is -2.17. The van der Waals surface area contributed by atoms with Gasteiger partial charge in [0.1, 0.15) is 11.1 Å². The summed E-state index contributed by atoms with van der Waals surface area (Å²) in [6, 6.07) is 27.7. The molecule has 0 saturated heterocycles. The lowest BCUT2D eigenvalue weighted by atomic mass is 10.1. The van der Waals surface area contributed by atoms with Crippen molar-refractivity contribution >= 4 is 28.7 Å². The summed E-state index contributed by atoms with van der Waals surface area (Å²) < 4.78 is 1.74. The highest BCUT2D eigenvalue weighted by atomic mass is 32.2. The number of benzene rings is 3. The third-order valence-electron chi connectivity index (χ3n) is 4.27. The lowest BCUT2D eigenvalue weighted by Crippen LogP contribution is -2.19. The van der Waals surface area contributed by atoms with Crippen LogP contribution in [0.4, 0.5) is 0 Å². The number of thioether (sulfide) groups is 1. The Morgan fingerprint density at radius 3 is 2.23 bits per heavy atom. The van der Waals surface area contributed by atoms with E-state index in [9.17, 15) is 4.79 Å². The Morgan fingerprint density at radius 1 is 0.885 bits per heavy atom. The molecule has 0 amide bonds. The number of aryl methyl sites for hydroxylation is 1. The van der Waals surface area contributed by atoms with Gasteiger partial charge in [-0.15, -0.1) is 11.8 Å². The van der Waals surface area contributed by atoms with Crippen molar-refractivity contribution in [1.82, 2.24) is 9.55 Å². The molecule has 1 unspecified atom stereocenters. The van der Waals surface area contributed by atoms with Gasteiger partial charge in [0.2, 0.25) is 0 Å². The largest absolute Gasteiger partial charge is 0.272 e. The van der Waals surface area contributed by atoms with Crippen LogP contribution in [0.3, 0.4) is 0 Å². The third kappa shape index (κ3) is 3.16. The van der Waals surface area contributed by atoms with E-state index < -0.39 is 0 Å². The van der Waals surface area contributed by atoms with Crippen molar-refractivity contribution < 1.29 is 4.79 Å². The minimum Gasteiger partial charge on any atom is -0.272 e. The molecule has 0 aliphatic carbocycles. The van der Waals surface area contributed by atoms with Crippen LogP contribution >= 0.6 is 11.8 Å². The average Bonchev–Trinajstić information content (AvgIpc) is 3.03. The fraction of sp³-hybridized carbons (Fsp3) is 0.0909. The smallest absolute Gasteiger partial charge is 0.250 e. The first-order valence-corrected chi connectivity index (χ1v) is 9.37. The normalized spacial score (nSPS) is 12.2. The maximum atomic E-state index is 13.5. The molecule has 0 saturated carbocycles. The zero-order valence-electron chi connectivity index (χ0n) is 14.4. The van der Waals surface area contributed by atoms with E-state index in [4.69, 9.17) is 0 Å². The molecule has 0 radical (unpaired) electrons. The monoisotopic (exact) mass is 358 g/mol. The van der Waals surface area contributed by atoms with Crippen LogP contribution in [0.25, 0.3) is 11.0 Å². The molecule has 4 aromatic rings. The van der Waals surface area contributed by atoms with Crippen LogP contribution in [0.1, 0.15) is 21.4 Å². The molecule has 0 N–H and O–H groups in total. The van der Waals surface area contributed by atoms with Crippen molar-refractivity contribution in [1.29, 1.82) is 0 Å². The van der Waals surface area contributed by atoms with E-state index in [0.29, 0.717) is 5.82 Å². The number of carbonyl (C=O) groups excluding carboxylic acids is 1. The molecule has 4 rings (SSSR count). The Hall–Kier alpha value is -2.85. The first-order chi connectivity index (χ1) is 12.7. The number of carbonyl (C=O) groups is 1. The standard InChI is InChI=1S/C22H18N2OS/c1-16-23-19-14-8-9-15-20(19)24(16)22(25)21(17-10-4-2-5-11-17)26-18-12-6-3-7-13-18/h2-15,21H,1H3. The summed E-state index contributed by atoms with van der Waals surface area (Å²) in [6.07, 6.45) is 0. The van der Waals surface area contributed by atoms with Gasteiger partial charge in [-0.25, -0.2) is 4.98 Å². The van der Waals surface area contributed by atoms with Gasteiger partial charge in [-0.1, -0.05) is 60.7 Å². The van der Waals surface area contributed by atoms with Gasteiger partial charge < -0.3 is 0 Å². The van der Waals surface area contributed by atoms with Crippen molar-refractivity contribution in [3.05, 3.63) is 96.3 Å². The Kier molecular flexibility index (Phi) is 4.59. The first-order valence-electron chi connectivity index (χ1n) is 8.49. The maximum Gasteiger partial charge on any atom is 0.250 e. The highest BCUT2D eigenvalue weighted by Gasteiger charge is 2.26. The summed E-state index contributed by atoms with van der Waals surface area (Å²) >= 11 is 1.57. The molecule has 0 spiro atoms. The second-order valence-corrected chi connectivity index (χ2v) is 7.22. The molecular formula is C22H18N2OS. The van der Waals surface area contributed by atoms with Gasteiger partial charge in [-0.2, -0.15) is 0 Å². The number of para-hydroxylation sites is 2. The van der Waals surface area contributed by atoms with E-state index in [1.165, 1.54) is 0 Å². The summed E-state index contributed by atoms with van der Waals surface area (Å²) in [5.74, 6) is 0.738. The zero-order valence-corrected chi connectivity index (χ0v) is 15.2. The predicted molar refractivity (Wildman–Crippen MR) is 107 cm³/mol. The molecule has 26 heavy (non-hydrogen) atoms. The number of hydrogen-bond donors (Lipinski definition) is 0. The van der Waals surface area contributed by atoms with Crippen LogP contribution in [0, 0.1) is 6.92 Å². The van der Waals surface area contributed by atoms with Crippen molar-refractivity contribution in [2.24, 2.45) is 0 Å². The molecule has 1 aromatic heterocycles. The fourth-order valence-electron chi connectivity index (χ4n) is 3.07. The minimum atomic E-state index is -0.338. The molecule has 0 aliphatic heterocycles. The molecule has 128 valence electrons. The number of rotatable bonds is 4. The number of fused-ring (bicyclic) bond motifs is 1. The third-order valence-corrected chi connectivity index (χ3v) is 5.53. The van der Waals surface area contributed by atoms with Gasteiger partial charge in [0, 0.05) is 4.90 Å². The van der Waals surface area contributed by atoms with Crippen LogP contribution in [0.5, 0.6) is 0 Å². The van der Waals surface area contributed by atoms with Crippen LogP contribution in [0.15, 0.2) is 89.8 Å². The minimum absolute atomic E-state index is 0.0243. The van der Waals surface area contributed by atoms with E-state index in [-0.39, 0.29) is 11.2 Å². The summed E-state index contributed by atoms with van der Waals surface area (Å²) in [4.78, 5) is 19.2. The van der Waals surface area contributed by atoms with Crippen LogP contribution in [-0.4, -0.2) is 15.5 Å². The number of aromatic nitrogens is 2. The maximum absolute atomic E-state index is 13.5. The van der Waals surface area contributed by atoms with E-state index >= 15 is 0 Å². The van der Waals surface area contributed by atoms with Gasteiger partial charge in [0.05, 0.1) is 11.0 Å².